The molecule has 2 atom stereocenters. The lowest BCUT2D eigenvalue weighted by molar-refractivity contribution is 0.152. The Hall–Kier alpha value is -0.870. The van der Waals surface area contributed by atoms with Crippen LogP contribution in [-0.4, -0.2) is 35.7 Å². The van der Waals surface area contributed by atoms with Crippen LogP contribution < -0.4 is 5.32 Å². The van der Waals surface area contributed by atoms with E-state index in [-0.39, 0.29) is 0 Å². The van der Waals surface area contributed by atoms with Gasteiger partial charge in [0.2, 0.25) is 0 Å². The van der Waals surface area contributed by atoms with Crippen LogP contribution in [0.15, 0.2) is 16.9 Å². The van der Waals surface area contributed by atoms with Crippen molar-refractivity contribution in [2.45, 2.75) is 32.9 Å². The molecule has 1 saturated heterocycles. The van der Waals surface area contributed by atoms with Gasteiger partial charge in [0.05, 0.1) is 5.69 Å². The fourth-order valence-electron chi connectivity index (χ4n) is 2.39. The monoisotopic (exact) mass is 223 g/mol. The fourth-order valence-corrected chi connectivity index (χ4v) is 2.39. The summed E-state index contributed by atoms with van der Waals surface area (Å²) in [5, 5.41) is 7.48. The van der Waals surface area contributed by atoms with Crippen LogP contribution in [-0.2, 0) is 6.54 Å². The Morgan fingerprint density at radius 3 is 3.12 bits per heavy atom. The summed E-state index contributed by atoms with van der Waals surface area (Å²) in [5.41, 5.74) is 0.991. The molecule has 0 bridgehead atoms. The molecule has 2 unspecified atom stereocenters. The number of hydrogen-bond donors (Lipinski definition) is 1. The summed E-state index contributed by atoms with van der Waals surface area (Å²) >= 11 is 0. The van der Waals surface area contributed by atoms with Gasteiger partial charge in [-0.2, -0.15) is 0 Å². The van der Waals surface area contributed by atoms with Gasteiger partial charge < -0.3 is 14.7 Å². The maximum atomic E-state index is 4.82. The second kappa shape index (κ2) is 5.46. The maximum absolute atomic E-state index is 4.82. The number of aromatic nitrogens is 1. The smallest absolute Gasteiger partial charge is 0.124 e. The van der Waals surface area contributed by atoms with Gasteiger partial charge in [-0.25, -0.2) is 0 Å². The molecule has 4 heteroatoms. The average molecular weight is 223 g/mol. The SMILES string of the molecule is CCN1CCC(NCc2ccon2)C(C)C1. The molecule has 1 aromatic heterocycles. The van der Waals surface area contributed by atoms with Crippen LogP contribution in [0.5, 0.6) is 0 Å². The summed E-state index contributed by atoms with van der Waals surface area (Å²) < 4.78 is 4.82. The normalized spacial score (nSPS) is 27.1. The first-order valence-corrected chi connectivity index (χ1v) is 6.14. The van der Waals surface area contributed by atoms with Crippen molar-refractivity contribution >= 4 is 0 Å². The summed E-state index contributed by atoms with van der Waals surface area (Å²) in [6, 6.07) is 2.53. The first-order valence-electron chi connectivity index (χ1n) is 6.14. The molecule has 90 valence electrons. The minimum Gasteiger partial charge on any atom is -0.364 e. The third-order valence-electron chi connectivity index (χ3n) is 3.47. The predicted molar refractivity (Wildman–Crippen MR) is 63.0 cm³/mol. The van der Waals surface area contributed by atoms with E-state index in [9.17, 15) is 0 Å². The van der Waals surface area contributed by atoms with Gasteiger partial charge in [-0.15, -0.1) is 0 Å². The molecule has 0 amide bonds. The summed E-state index contributed by atoms with van der Waals surface area (Å²) in [5.74, 6) is 0.709. The quantitative estimate of drug-likeness (QED) is 0.839. The van der Waals surface area contributed by atoms with Crippen LogP contribution in [0.4, 0.5) is 0 Å². The maximum Gasteiger partial charge on any atom is 0.124 e. The van der Waals surface area contributed by atoms with E-state index in [1.807, 2.05) is 6.07 Å². The van der Waals surface area contributed by atoms with Crippen LogP contribution in [0.3, 0.4) is 0 Å². The van der Waals surface area contributed by atoms with Crippen LogP contribution in [0.2, 0.25) is 0 Å². The molecule has 0 saturated carbocycles. The lowest BCUT2D eigenvalue weighted by Crippen LogP contribution is -2.47. The molecule has 2 heterocycles. The average Bonchev–Trinajstić information content (AvgIpc) is 2.80. The first kappa shape index (κ1) is 11.6. The first-order chi connectivity index (χ1) is 7.79. The minimum absolute atomic E-state index is 0.611. The van der Waals surface area contributed by atoms with Crippen LogP contribution >= 0.6 is 0 Å². The number of nitrogens with one attached hydrogen (secondary N) is 1. The van der Waals surface area contributed by atoms with Crippen molar-refractivity contribution < 1.29 is 4.52 Å². The van der Waals surface area contributed by atoms with E-state index in [4.69, 9.17) is 4.52 Å². The molecule has 0 radical (unpaired) electrons. The molecule has 0 spiro atoms. The minimum atomic E-state index is 0.611. The number of rotatable bonds is 4. The van der Waals surface area contributed by atoms with Crippen LogP contribution in [0.25, 0.3) is 0 Å². The summed E-state index contributed by atoms with van der Waals surface area (Å²) in [4.78, 5) is 2.51. The molecule has 1 aromatic rings. The van der Waals surface area contributed by atoms with E-state index in [0.29, 0.717) is 12.0 Å². The fraction of sp³-hybridized carbons (Fsp3) is 0.750. The van der Waals surface area contributed by atoms with E-state index in [1.54, 1.807) is 6.26 Å². The lowest BCUT2D eigenvalue weighted by atomic mass is 9.94. The van der Waals surface area contributed by atoms with E-state index in [1.165, 1.54) is 26.1 Å². The van der Waals surface area contributed by atoms with Crippen molar-refractivity contribution in [2.75, 3.05) is 19.6 Å². The van der Waals surface area contributed by atoms with Gasteiger partial charge in [0.1, 0.15) is 6.26 Å². The molecule has 0 aromatic carbocycles. The highest BCUT2D eigenvalue weighted by molar-refractivity contribution is 4.95. The zero-order valence-electron chi connectivity index (χ0n) is 10.1. The number of piperidine rings is 1. The van der Waals surface area contributed by atoms with Crippen molar-refractivity contribution in [3.05, 3.63) is 18.0 Å². The van der Waals surface area contributed by atoms with Crippen molar-refractivity contribution in [3.63, 3.8) is 0 Å². The largest absolute Gasteiger partial charge is 0.364 e. The molecule has 1 N–H and O–H groups in total. The standard InChI is InChI=1S/C12H21N3O/c1-3-15-6-4-12(10(2)9-15)13-8-11-5-7-16-14-11/h5,7,10,12-13H,3-4,6,8-9H2,1-2H3. The molecule has 1 fully saturated rings. The van der Waals surface area contributed by atoms with E-state index >= 15 is 0 Å². The zero-order valence-corrected chi connectivity index (χ0v) is 10.1. The molecule has 2 rings (SSSR count). The molecule has 16 heavy (non-hydrogen) atoms. The van der Waals surface area contributed by atoms with Crippen LogP contribution in [0, 0.1) is 5.92 Å². The van der Waals surface area contributed by atoms with Crippen molar-refractivity contribution in [2.24, 2.45) is 5.92 Å². The van der Waals surface area contributed by atoms with Gasteiger partial charge in [-0.05, 0) is 25.4 Å². The highest BCUT2D eigenvalue weighted by Gasteiger charge is 2.24. The Kier molecular flexibility index (Phi) is 3.96. The third kappa shape index (κ3) is 2.83. The Balaban J connectivity index is 1.78. The lowest BCUT2D eigenvalue weighted by Gasteiger charge is -2.36. The Morgan fingerprint density at radius 1 is 1.62 bits per heavy atom. The molecule has 1 aliphatic heterocycles. The summed E-state index contributed by atoms with van der Waals surface area (Å²) in [6.07, 6.45) is 2.85. The van der Waals surface area contributed by atoms with Gasteiger partial charge >= 0.3 is 0 Å². The summed E-state index contributed by atoms with van der Waals surface area (Å²) in [6.45, 7) is 8.94. The summed E-state index contributed by atoms with van der Waals surface area (Å²) in [7, 11) is 0. The second-order valence-corrected chi connectivity index (χ2v) is 4.64. The van der Waals surface area contributed by atoms with E-state index in [2.05, 4.69) is 29.2 Å². The molecular formula is C12H21N3O. The number of hydrogen-bond acceptors (Lipinski definition) is 4. The highest BCUT2D eigenvalue weighted by atomic mass is 16.5. The van der Waals surface area contributed by atoms with Crippen LogP contribution in [0.1, 0.15) is 26.0 Å². The van der Waals surface area contributed by atoms with Gasteiger partial charge in [-0.1, -0.05) is 19.0 Å². The van der Waals surface area contributed by atoms with Gasteiger partial charge in [-0.3, -0.25) is 0 Å². The third-order valence-corrected chi connectivity index (χ3v) is 3.47. The topological polar surface area (TPSA) is 41.3 Å². The molecular weight excluding hydrogens is 202 g/mol. The van der Waals surface area contributed by atoms with Gasteiger partial charge in [0.15, 0.2) is 0 Å². The Labute approximate surface area is 97.0 Å². The zero-order chi connectivity index (χ0) is 11.4. The molecule has 1 aliphatic rings. The Bertz CT molecular complexity index is 299. The van der Waals surface area contributed by atoms with Crippen molar-refractivity contribution in [3.8, 4) is 0 Å². The predicted octanol–water partition coefficient (Wildman–Crippen LogP) is 1.49. The molecule has 4 nitrogen and oxygen atoms in total. The van der Waals surface area contributed by atoms with Gasteiger partial charge in [0, 0.05) is 25.2 Å². The number of likely N-dealkylation sites (tertiary alicyclic amines) is 1. The Morgan fingerprint density at radius 2 is 2.50 bits per heavy atom. The molecule has 0 aliphatic carbocycles. The van der Waals surface area contributed by atoms with E-state index < -0.39 is 0 Å². The van der Waals surface area contributed by atoms with E-state index in [0.717, 1.165) is 12.2 Å². The highest BCUT2D eigenvalue weighted by Crippen LogP contribution is 2.16. The second-order valence-electron chi connectivity index (χ2n) is 4.64. The van der Waals surface area contributed by atoms with Crippen molar-refractivity contribution in [1.82, 2.24) is 15.4 Å². The van der Waals surface area contributed by atoms with Crippen molar-refractivity contribution in [1.29, 1.82) is 0 Å². The number of nitrogens with zero attached hydrogens (tertiary/aromatic N) is 2. The van der Waals surface area contributed by atoms with Gasteiger partial charge in [0.25, 0.3) is 0 Å².